The molecule has 3 N–H and O–H groups in total. The quantitative estimate of drug-likeness (QED) is 0.575. The van der Waals surface area contributed by atoms with Crippen LogP contribution in [0.1, 0.15) is 31.9 Å². The zero-order valence-electron chi connectivity index (χ0n) is 10.0. The highest BCUT2D eigenvalue weighted by Gasteiger charge is 2.07. The summed E-state index contributed by atoms with van der Waals surface area (Å²) in [7, 11) is 0. The Kier molecular flexibility index (Phi) is 5.29. The molecule has 0 radical (unpaired) electrons. The van der Waals surface area contributed by atoms with Crippen LogP contribution in [-0.4, -0.2) is 18.3 Å². The van der Waals surface area contributed by atoms with E-state index in [0.717, 1.165) is 12.0 Å². The van der Waals surface area contributed by atoms with Crippen LogP contribution in [0, 0.1) is 5.92 Å². The van der Waals surface area contributed by atoms with Crippen molar-refractivity contribution in [3.05, 3.63) is 29.8 Å². The predicted octanol–water partition coefficient (Wildman–Crippen LogP) is 2.36. The molecule has 3 nitrogen and oxygen atoms in total. The molecule has 0 aliphatic rings. The summed E-state index contributed by atoms with van der Waals surface area (Å²) < 4.78 is 5.41. The third-order valence-corrected chi connectivity index (χ3v) is 2.44. The van der Waals surface area contributed by atoms with Crippen molar-refractivity contribution >= 4 is 5.69 Å². The first-order chi connectivity index (χ1) is 7.59. The van der Waals surface area contributed by atoms with Crippen LogP contribution in [0.3, 0.4) is 0 Å². The van der Waals surface area contributed by atoms with Crippen LogP contribution in [0.4, 0.5) is 5.69 Å². The molecule has 0 aliphatic heterocycles. The molecule has 0 saturated carbocycles. The summed E-state index contributed by atoms with van der Waals surface area (Å²) in [6.07, 6.45) is 0.460. The molecule has 1 unspecified atom stereocenters. The number of hydrogen-bond donors (Lipinski definition) is 2. The zero-order valence-corrected chi connectivity index (χ0v) is 10.0. The summed E-state index contributed by atoms with van der Waals surface area (Å²) in [4.78, 5) is 0. The first kappa shape index (κ1) is 13.0. The Morgan fingerprint density at radius 1 is 1.25 bits per heavy atom. The van der Waals surface area contributed by atoms with Gasteiger partial charge in [-0.15, -0.1) is 0 Å². The smallest absolute Gasteiger partial charge is 0.102 e. The fourth-order valence-electron chi connectivity index (χ4n) is 1.33. The highest BCUT2D eigenvalue weighted by molar-refractivity contribution is 5.39. The van der Waals surface area contributed by atoms with Gasteiger partial charge in [-0.2, -0.15) is 0 Å². The van der Waals surface area contributed by atoms with Crippen molar-refractivity contribution in [2.24, 2.45) is 5.92 Å². The van der Waals surface area contributed by atoms with Crippen molar-refractivity contribution in [1.82, 2.24) is 0 Å². The number of nitrogen functional groups attached to an aromatic ring is 1. The second-order valence-electron chi connectivity index (χ2n) is 4.44. The topological polar surface area (TPSA) is 55.5 Å². The van der Waals surface area contributed by atoms with Gasteiger partial charge in [-0.1, -0.05) is 26.0 Å². The van der Waals surface area contributed by atoms with E-state index < -0.39 is 6.10 Å². The van der Waals surface area contributed by atoms with Crippen molar-refractivity contribution in [3.8, 4) is 0 Å². The minimum Gasteiger partial charge on any atom is -0.399 e. The van der Waals surface area contributed by atoms with E-state index in [1.165, 1.54) is 0 Å². The van der Waals surface area contributed by atoms with E-state index in [-0.39, 0.29) is 0 Å². The van der Waals surface area contributed by atoms with Gasteiger partial charge in [0.15, 0.2) is 0 Å². The predicted molar refractivity (Wildman–Crippen MR) is 66.1 cm³/mol. The molecule has 1 atom stereocenters. The Morgan fingerprint density at radius 3 is 2.44 bits per heavy atom. The Bertz CT molecular complexity index is 295. The van der Waals surface area contributed by atoms with Gasteiger partial charge in [0.25, 0.3) is 0 Å². The Hall–Kier alpha value is -1.06. The maximum Gasteiger partial charge on any atom is 0.102 e. The first-order valence-electron chi connectivity index (χ1n) is 5.71. The third kappa shape index (κ3) is 4.64. The second-order valence-corrected chi connectivity index (χ2v) is 4.44. The van der Waals surface area contributed by atoms with Crippen LogP contribution in [0.5, 0.6) is 0 Å². The van der Waals surface area contributed by atoms with E-state index >= 15 is 0 Å². The lowest BCUT2D eigenvalue weighted by molar-refractivity contribution is 0.0319. The number of aliphatic hydroxyl groups is 1. The van der Waals surface area contributed by atoms with Crippen molar-refractivity contribution in [2.45, 2.75) is 26.4 Å². The lowest BCUT2D eigenvalue weighted by Crippen LogP contribution is -2.09. The van der Waals surface area contributed by atoms with Gasteiger partial charge in [-0.25, -0.2) is 0 Å². The highest BCUT2D eigenvalue weighted by Crippen LogP contribution is 2.15. The number of aliphatic hydroxyl groups excluding tert-OH is 1. The maximum absolute atomic E-state index is 9.81. The number of nitrogens with two attached hydrogens (primary N) is 1. The number of ether oxygens (including phenoxy) is 1. The summed E-state index contributed by atoms with van der Waals surface area (Å²) in [6.45, 7) is 5.35. The standard InChI is InChI=1S/C13H21NO2/c1-10(2)7-8-16-9-13(15)11-3-5-12(14)6-4-11/h3-6,10,13,15H,7-9,14H2,1-2H3. The van der Waals surface area contributed by atoms with Gasteiger partial charge in [0.2, 0.25) is 0 Å². The summed E-state index contributed by atoms with van der Waals surface area (Å²) in [6, 6.07) is 7.22. The van der Waals surface area contributed by atoms with E-state index in [1.54, 1.807) is 12.1 Å². The van der Waals surface area contributed by atoms with Crippen LogP contribution in [0.15, 0.2) is 24.3 Å². The van der Waals surface area contributed by atoms with Crippen LogP contribution >= 0.6 is 0 Å². The molecule has 0 aliphatic carbocycles. The average Bonchev–Trinajstić information content (AvgIpc) is 2.25. The molecule has 0 aromatic heterocycles. The number of rotatable bonds is 6. The van der Waals surface area contributed by atoms with Gasteiger partial charge in [-0.3, -0.25) is 0 Å². The molecule has 0 spiro atoms. The number of benzene rings is 1. The molecule has 1 rings (SSSR count). The zero-order chi connectivity index (χ0) is 12.0. The largest absolute Gasteiger partial charge is 0.399 e. The molecule has 3 heteroatoms. The van der Waals surface area contributed by atoms with E-state index in [4.69, 9.17) is 10.5 Å². The normalized spacial score (nSPS) is 13.0. The van der Waals surface area contributed by atoms with Crippen molar-refractivity contribution in [1.29, 1.82) is 0 Å². The summed E-state index contributed by atoms with van der Waals surface area (Å²) in [5, 5.41) is 9.81. The molecular formula is C13H21NO2. The van der Waals surface area contributed by atoms with Gasteiger partial charge in [0.1, 0.15) is 6.10 Å². The Balaban J connectivity index is 2.29. The minimum absolute atomic E-state index is 0.344. The Labute approximate surface area is 97.2 Å². The van der Waals surface area contributed by atoms with E-state index in [0.29, 0.717) is 24.8 Å². The lowest BCUT2D eigenvalue weighted by Gasteiger charge is -2.12. The molecule has 90 valence electrons. The molecule has 0 heterocycles. The molecule has 1 aromatic carbocycles. The first-order valence-corrected chi connectivity index (χ1v) is 5.71. The van der Waals surface area contributed by atoms with Crippen LogP contribution in [0.25, 0.3) is 0 Å². The van der Waals surface area contributed by atoms with Crippen molar-refractivity contribution in [3.63, 3.8) is 0 Å². The average molecular weight is 223 g/mol. The third-order valence-electron chi connectivity index (χ3n) is 2.44. The van der Waals surface area contributed by atoms with Gasteiger partial charge >= 0.3 is 0 Å². The van der Waals surface area contributed by atoms with Crippen LogP contribution in [0.2, 0.25) is 0 Å². The fraction of sp³-hybridized carbons (Fsp3) is 0.538. The van der Waals surface area contributed by atoms with E-state index in [9.17, 15) is 5.11 Å². The van der Waals surface area contributed by atoms with Gasteiger partial charge in [-0.05, 0) is 30.0 Å². The SMILES string of the molecule is CC(C)CCOCC(O)c1ccc(N)cc1. The monoisotopic (exact) mass is 223 g/mol. The second kappa shape index (κ2) is 6.51. The molecule has 1 aromatic rings. The van der Waals surface area contributed by atoms with Gasteiger partial charge < -0.3 is 15.6 Å². The van der Waals surface area contributed by atoms with Crippen molar-refractivity contribution in [2.75, 3.05) is 18.9 Å². The van der Waals surface area contributed by atoms with Crippen LogP contribution in [-0.2, 0) is 4.74 Å². The van der Waals surface area contributed by atoms with Crippen LogP contribution < -0.4 is 5.73 Å². The lowest BCUT2D eigenvalue weighted by atomic mass is 10.1. The maximum atomic E-state index is 9.81. The summed E-state index contributed by atoms with van der Waals surface area (Å²) >= 11 is 0. The molecule has 0 saturated heterocycles. The fourth-order valence-corrected chi connectivity index (χ4v) is 1.33. The Morgan fingerprint density at radius 2 is 1.88 bits per heavy atom. The molecular weight excluding hydrogens is 202 g/mol. The van der Waals surface area contributed by atoms with E-state index in [2.05, 4.69) is 13.8 Å². The number of hydrogen-bond acceptors (Lipinski definition) is 3. The molecule has 16 heavy (non-hydrogen) atoms. The molecule has 0 bridgehead atoms. The molecule has 0 amide bonds. The minimum atomic E-state index is -0.562. The van der Waals surface area contributed by atoms with E-state index in [1.807, 2.05) is 12.1 Å². The summed E-state index contributed by atoms with van der Waals surface area (Å²) in [5.74, 6) is 0.633. The van der Waals surface area contributed by atoms with Crippen molar-refractivity contribution < 1.29 is 9.84 Å². The summed E-state index contributed by atoms with van der Waals surface area (Å²) in [5.41, 5.74) is 7.12. The van der Waals surface area contributed by atoms with Gasteiger partial charge in [0.05, 0.1) is 6.61 Å². The molecule has 0 fully saturated rings. The highest BCUT2D eigenvalue weighted by atomic mass is 16.5. The number of anilines is 1. The van der Waals surface area contributed by atoms with Gasteiger partial charge in [0, 0.05) is 12.3 Å².